The fourth-order valence-electron chi connectivity index (χ4n) is 2.64. The molecule has 0 aliphatic carbocycles. The first kappa shape index (κ1) is 25.1. The molecule has 0 rings (SSSR count). The topological polar surface area (TPSA) is 88.1 Å². The molecule has 0 spiro atoms. The van der Waals surface area contributed by atoms with Crippen LogP contribution in [-0.2, 0) is 33.3 Å². The van der Waals surface area contributed by atoms with Gasteiger partial charge >= 0.3 is 11.9 Å². The van der Waals surface area contributed by atoms with E-state index in [1.807, 2.05) is 41.5 Å². The molecule has 0 saturated carbocycles. The maximum atomic E-state index is 12.2. The van der Waals surface area contributed by atoms with Crippen molar-refractivity contribution in [1.82, 2.24) is 0 Å². The van der Waals surface area contributed by atoms with Gasteiger partial charge in [0.1, 0.15) is 12.2 Å². The van der Waals surface area contributed by atoms with Crippen LogP contribution in [0.4, 0.5) is 0 Å². The van der Waals surface area contributed by atoms with E-state index in [0.717, 1.165) is 18.6 Å². The molecular formula is C20H34O7. The summed E-state index contributed by atoms with van der Waals surface area (Å²) in [5, 5.41) is 0. The highest BCUT2D eigenvalue weighted by Gasteiger charge is 2.44. The average Bonchev–Trinajstić information content (AvgIpc) is 2.63. The molecule has 0 aliphatic rings. The molecule has 2 unspecified atom stereocenters. The highest BCUT2D eigenvalue weighted by atomic mass is 16.6. The standard InChI is InChI=1S/C20H34O7/c1-7-19(5,11-12-24-15-21)20(6,8-2)27-18(23)10-9-17(22)26-14-13-25-16(3)4/h9-10,15-16H,7-8,11-14H2,1-6H3/b10-9+. The molecule has 0 heterocycles. The van der Waals surface area contributed by atoms with Crippen molar-refractivity contribution in [3.63, 3.8) is 0 Å². The molecule has 0 amide bonds. The van der Waals surface area contributed by atoms with E-state index in [-0.39, 0.29) is 24.7 Å². The predicted octanol–water partition coefficient (Wildman–Crippen LogP) is 3.20. The maximum Gasteiger partial charge on any atom is 0.331 e. The van der Waals surface area contributed by atoms with Crippen LogP contribution >= 0.6 is 0 Å². The Kier molecular flexibility index (Phi) is 11.6. The number of hydrogen-bond donors (Lipinski definition) is 0. The summed E-state index contributed by atoms with van der Waals surface area (Å²) in [5.74, 6) is -1.25. The first-order chi connectivity index (χ1) is 12.6. The predicted molar refractivity (Wildman–Crippen MR) is 101 cm³/mol. The molecule has 0 saturated heterocycles. The molecule has 2 atom stereocenters. The molecule has 7 heteroatoms. The average molecular weight is 386 g/mol. The number of carbonyl (C=O) groups is 3. The monoisotopic (exact) mass is 386 g/mol. The Morgan fingerprint density at radius 3 is 2.11 bits per heavy atom. The van der Waals surface area contributed by atoms with Crippen LogP contribution in [0.2, 0.25) is 0 Å². The van der Waals surface area contributed by atoms with Gasteiger partial charge < -0.3 is 18.9 Å². The molecule has 156 valence electrons. The minimum absolute atomic E-state index is 0.0609. The summed E-state index contributed by atoms with van der Waals surface area (Å²) in [6.45, 7) is 12.6. The first-order valence-electron chi connectivity index (χ1n) is 9.38. The number of hydrogen-bond acceptors (Lipinski definition) is 7. The smallest absolute Gasteiger partial charge is 0.331 e. The van der Waals surface area contributed by atoms with Crippen molar-refractivity contribution in [3.05, 3.63) is 12.2 Å². The van der Waals surface area contributed by atoms with Crippen LogP contribution in [0.25, 0.3) is 0 Å². The molecule has 0 aliphatic heterocycles. The first-order valence-corrected chi connectivity index (χ1v) is 9.38. The number of rotatable bonds is 14. The van der Waals surface area contributed by atoms with Crippen molar-refractivity contribution in [3.8, 4) is 0 Å². The second kappa shape index (κ2) is 12.5. The zero-order valence-corrected chi connectivity index (χ0v) is 17.4. The summed E-state index contributed by atoms with van der Waals surface area (Å²) in [7, 11) is 0. The van der Waals surface area contributed by atoms with Crippen molar-refractivity contribution >= 4 is 18.4 Å². The largest absolute Gasteiger partial charge is 0.468 e. The molecule has 0 bridgehead atoms. The molecule has 0 aromatic carbocycles. The van der Waals surface area contributed by atoms with Crippen LogP contribution < -0.4 is 0 Å². The Labute approximate surface area is 162 Å². The van der Waals surface area contributed by atoms with Gasteiger partial charge in [-0.1, -0.05) is 20.8 Å². The second-order valence-corrected chi connectivity index (χ2v) is 7.06. The normalized spacial score (nSPS) is 15.8. The summed E-state index contributed by atoms with van der Waals surface area (Å²) in [6.07, 6.45) is 4.04. The Hall–Kier alpha value is -1.89. The molecule has 0 radical (unpaired) electrons. The Bertz CT molecular complexity index is 501. The van der Waals surface area contributed by atoms with Crippen LogP contribution in [-0.4, -0.2) is 49.9 Å². The number of esters is 2. The lowest BCUT2D eigenvalue weighted by atomic mass is 9.68. The lowest BCUT2D eigenvalue weighted by Crippen LogP contribution is -2.47. The van der Waals surface area contributed by atoms with Crippen molar-refractivity contribution in [2.45, 2.75) is 72.5 Å². The van der Waals surface area contributed by atoms with Gasteiger partial charge in [0, 0.05) is 17.6 Å². The van der Waals surface area contributed by atoms with E-state index in [2.05, 4.69) is 0 Å². The zero-order valence-electron chi connectivity index (χ0n) is 17.4. The van der Waals surface area contributed by atoms with Crippen molar-refractivity contribution in [2.75, 3.05) is 19.8 Å². The van der Waals surface area contributed by atoms with Crippen molar-refractivity contribution < 1.29 is 33.3 Å². The summed E-state index contributed by atoms with van der Waals surface area (Å²) >= 11 is 0. The summed E-state index contributed by atoms with van der Waals surface area (Å²) in [5.41, 5.74) is -1.16. The van der Waals surface area contributed by atoms with Gasteiger partial charge in [-0.05, 0) is 40.0 Å². The van der Waals surface area contributed by atoms with Gasteiger partial charge in [-0.3, -0.25) is 4.79 Å². The summed E-state index contributed by atoms with van der Waals surface area (Å²) in [4.78, 5) is 34.2. The van der Waals surface area contributed by atoms with E-state index >= 15 is 0 Å². The Morgan fingerprint density at radius 1 is 0.963 bits per heavy atom. The third-order valence-electron chi connectivity index (χ3n) is 5.03. The van der Waals surface area contributed by atoms with Gasteiger partial charge in [0.2, 0.25) is 0 Å². The molecule has 0 fully saturated rings. The fraction of sp³-hybridized carbons (Fsp3) is 0.750. The quantitative estimate of drug-likeness (QED) is 0.149. The molecule has 0 aromatic heterocycles. The molecule has 7 nitrogen and oxygen atoms in total. The molecule has 0 N–H and O–H groups in total. The molecule has 27 heavy (non-hydrogen) atoms. The fourth-order valence-corrected chi connectivity index (χ4v) is 2.64. The summed E-state index contributed by atoms with van der Waals surface area (Å²) < 4.78 is 20.7. The molecule has 0 aromatic rings. The number of carbonyl (C=O) groups excluding carboxylic acids is 3. The van der Waals surface area contributed by atoms with Crippen LogP contribution in [0.5, 0.6) is 0 Å². The van der Waals surface area contributed by atoms with Gasteiger partial charge in [-0.15, -0.1) is 0 Å². The summed E-state index contributed by atoms with van der Waals surface area (Å²) in [6, 6.07) is 0. The SMILES string of the molecule is CCC(C)(CCOC=O)C(C)(CC)OC(=O)/C=C/C(=O)OCCOC(C)C. The second-order valence-electron chi connectivity index (χ2n) is 7.06. The van der Waals surface area contributed by atoms with E-state index in [1.165, 1.54) is 0 Å². The van der Waals surface area contributed by atoms with Crippen LogP contribution in [0.1, 0.15) is 60.8 Å². The number of ether oxygens (including phenoxy) is 4. The van der Waals surface area contributed by atoms with Crippen LogP contribution in [0.15, 0.2) is 12.2 Å². The van der Waals surface area contributed by atoms with E-state index < -0.39 is 17.5 Å². The highest BCUT2D eigenvalue weighted by Crippen LogP contribution is 2.43. The van der Waals surface area contributed by atoms with Crippen LogP contribution in [0, 0.1) is 5.41 Å². The zero-order chi connectivity index (χ0) is 20.9. The van der Waals surface area contributed by atoms with E-state index in [9.17, 15) is 14.4 Å². The van der Waals surface area contributed by atoms with E-state index in [1.54, 1.807) is 0 Å². The highest BCUT2D eigenvalue weighted by molar-refractivity contribution is 5.91. The van der Waals surface area contributed by atoms with Crippen molar-refractivity contribution in [1.29, 1.82) is 0 Å². The Balaban J connectivity index is 4.75. The lowest BCUT2D eigenvalue weighted by Gasteiger charge is -2.44. The Morgan fingerprint density at radius 2 is 1.59 bits per heavy atom. The minimum atomic E-state index is -0.773. The van der Waals surface area contributed by atoms with E-state index in [4.69, 9.17) is 18.9 Å². The van der Waals surface area contributed by atoms with Gasteiger partial charge in [0.25, 0.3) is 6.47 Å². The maximum absolute atomic E-state index is 12.2. The minimum Gasteiger partial charge on any atom is -0.468 e. The van der Waals surface area contributed by atoms with Crippen LogP contribution in [0.3, 0.4) is 0 Å². The van der Waals surface area contributed by atoms with Gasteiger partial charge in [0.15, 0.2) is 0 Å². The van der Waals surface area contributed by atoms with Gasteiger partial charge in [0.05, 0.1) is 19.3 Å². The third-order valence-corrected chi connectivity index (χ3v) is 5.03. The lowest BCUT2D eigenvalue weighted by molar-refractivity contribution is -0.171. The molecular weight excluding hydrogens is 352 g/mol. The third kappa shape index (κ3) is 9.04. The van der Waals surface area contributed by atoms with Gasteiger partial charge in [-0.2, -0.15) is 0 Å². The van der Waals surface area contributed by atoms with Crippen molar-refractivity contribution in [2.24, 2.45) is 5.41 Å². The van der Waals surface area contributed by atoms with Gasteiger partial charge in [-0.25, -0.2) is 9.59 Å². The van der Waals surface area contributed by atoms with E-state index in [0.29, 0.717) is 25.9 Å².